The summed E-state index contributed by atoms with van der Waals surface area (Å²) in [5.74, 6) is 0.820. The first-order valence-corrected chi connectivity index (χ1v) is 7.01. The average Bonchev–Trinajstić information content (AvgIpc) is 2.80. The van der Waals surface area contributed by atoms with E-state index in [0.29, 0.717) is 5.52 Å². The Kier molecular flexibility index (Phi) is 3.05. The van der Waals surface area contributed by atoms with Gasteiger partial charge in [0, 0.05) is 12.0 Å². The van der Waals surface area contributed by atoms with E-state index in [-0.39, 0.29) is 11.2 Å². The van der Waals surface area contributed by atoms with E-state index in [2.05, 4.69) is 28.7 Å². The summed E-state index contributed by atoms with van der Waals surface area (Å²) in [6.45, 7) is 7.19. The van der Waals surface area contributed by atoms with E-state index in [1.165, 1.54) is 6.07 Å². The molecule has 0 radical (unpaired) electrons. The first kappa shape index (κ1) is 12.6. The molecule has 1 aromatic carbocycles. The van der Waals surface area contributed by atoms with E-state index in [1.54, 1.807) is 6.07 Å². The van der Waals surface area contributed by atoms with Crippen LogP contribution < -0.4 is 5.32 Å². The van der Waals surface area contributed by atoms with Gasteiger partial charge >= 0.3 is 0 Å². The van der Waals surface area contributed by atoms with Crippen LogP contribution in [-0.2, 0) is 12.0 Å². The van der Waals surface area contributed by atoms with Gasteiger partial charge in [-0.1, -0.05) is 13.0 Å². The van der Waals surface area contributed by atoms with Crippen molar-refractivity contribution in [3.63, 3.8) is 0 Å². The Labute approximate surface area is 112 Å². The predicted octanol–water partition coefficient (Wildman–Crippen LogP) is 2.84. The minimum atomic E-state index is -0.219. The second kappa shape index (κ2) is 4.60. The van der Waals surface area contributed by atoms with Crippen LogP contribution in [0.4, 0.5) is 4.39 Å². The lowest BCUT2D eigenvalue weighted by Crippen LogP contribution is -2.39. The molecule has 2 heterocycles. The van der Waals surface area contributed by atoms with Crippen molar-refractivity contribution in [1.29, 1.82) is 0 Å². The molecule has 3 rings (SSSR count). The summed E-state index contributed by atoms with van der Waals surface area (Å²) >= 11 is 0. The maximum atomic E-state index is 13.9. The van der Waals surface area contributed by atoms with Crippen molar-refractivity contribution in [2.75, 3.05) is 13.1 Å². The van der Waals surface area contributed by atoms with E-state index in [0.717, 1.165) is 43.8 Å². The Hall–Kier alpha value is -1.42. The first-order valence-electron chi connectivity index (χ1n) is 7.01. The van der Waals surface area contributed by atoms with Gasteiger partial charge < -0.3 is 9.88 Å². The second-order valence-electron chi connectivity index (χ2n) is 5.60. The molecule has 0 bridgehead atoms. The summed E-state index contributed by atoms with van der Waals surface area (Å²) in [5.41, 5.74) is 1.48. The molecular weight excluding hydrogens is 241 g/mol. The summed E-state index contributed by atoms with van der Waals surface area (Å²) in [5, 5.41) is 3.38. The Balaban J connectivity index is 2.20. The van der Waals surface area contributed by atoms with E-state index >= 15 is 0 Å². The van der Waals surface area contributed by atoms with E-state index in [4.69, 9.17) is 0 Å². The van der Waals surface area contributed by atoms with Crippen LogP contribution in [0, 0.1) is 5.82 Å². The van der Waals surface area contributed by atoms with Gasteiger partial charge in [0.25, 0.3) is 0 Å². The molecule has 4 heteroatoms. The van der Waals surface area contributed by atoms with Gasteiger partial charge in [0.05, 0.1) is 5.52 Å². The molecule has 1 fully saturated rings. The van der Waals surface area contributed by atoms with E-state index in [9.17, 15) is 4.39 Å². The van der Waals surface area contributed by atoms with Gasteiger partial charge in [0.1, 0.15) is 11.3 Å². The summed E-state index contributed by atoms with van der Waals surface area (Å²) < 4.78 is 16.1. The Morgan fingerprint density at radius 1 is 1.37 bits per heavy atom. The number of rotatable bonds is 2. The molecule has 3 nitrogen and oxygen atoms in total. The van der Waals surface area contributed by atoms with Crippen molar-refractivity contribution in [2.24, 2.45) is 0 Å². The number of nitrogens with zero attached hydrogens (tertiary/aromatic N) is 2. The third-order valence-electron chi connectivity index (χ3n) is 4.29. The molecule has 1 aliphatic rings. The third-order valence-corrected chi connectivity index (χ3v) is 4.29. The third kappa shape index (κ3) is 1.94. The molecule has 0 atom stereocenters. The van der Waals surface area contributed by atoms with Crippen LogP contribution in [-0.4, -0.2) is 22.6 Å². The number of halogens is 1. The van der Waals surface area contributed by atoms with Crippen LogP contribution in [0.1, 0.15) is 32.5 Å². The molecule has 0 aliphatic carbocycles. The normalized spacial score (nSPS) is 18.9. The molecule has 1 saturated heterocycles. The Morgan fingerprint density at radius 3 is 2.79 bits per heavy atom. The maximum absolute atomic E-state index is 13.9. The highest BCUT2D eigenvalue weighted by Gasteiger charge is 2.34. The molecule has 0 saturated carbocycles. The predicted molar refractivity (Wildman–Crippen MR) is 74.8 cm³/mol. The number of fused-ring (bicyclic) bond motifs is 1. The van der Waals surface area contributed by atoms with Gasteiger partial charge in [0.15, 0.2) is 5.82 Å². The summed E-state index contributed by atoms with van der Waals surface area (Å²) in [7, 11) is 0. The quantitative estimate of drug-likeness (QED) is 0.901. The second-order valence-corrected chi connectivity index (χ2v) is 5.60. The first-order chi connectivity index (χ1) is 9.15. The topological polar surface area (TPSA) is 29.9 Å². The Bertz CT molecular complexity index is 597. The van der Waals surface area contributed by atoms with Crippen LogP contribution in [0.25, 0.3) is 11.0 Å². The van der Waals surface area contributed by atoms with Gasteiger partial charge in [-0.3, -0.25) is 0 Å². The molecule has 19 heavy (non-hydrogen) atoms. The molecular formula is C15H20FN3. The molecule has 1 aliphatic heterocycles. The van der Waals surface area contributed by atoms with Gasteiger partial charge in [-0.05, 0) is 45.0 Å². The zero-order valence-electron chi connectivity index (χ0n) is 11.5. The lowest BCUT2D eigenvalue weighted by molar-refractivity contribution is 0.310. The van der Waals surface area contributed by atoms with Crippen molar-refractivity contribution < 1.29 is 4.39 Å². The van der Waals surface area contributed by atoms with Gasteiger partial charge in [-0.15, -0.1) is 0 Å². The zero-order chi connectivity index (χ0) is 13.5. The zero-order valence-corrected chi connectivity index (χ0v) is 11.5. The molecule has 1 N–H and O–H groups in total. The van der Waals surface area contributed by atoms with Gasteiger partial charge in [-0.25, -0.2) is 9.37 Å². The number of nitrogens with one attached hydrogen (secondary N) is 1. The highest BCUT2D eigenvalue weighted by Crippen LogP contribution is 2.34. The van der Waals surface area contributed by atoms with Crippen LogP contribution in [0.2, 0.25) is 0 Å². The number of aryl methyl sites for hydroxylation is 1. The minimum Gasteiger partial charge on any atom is -0.328 e. The van der Waals surface area contributed by atoms with Crippen LogP contribution >= 0.6 is 0 Å². The molecule has 102 valence electrons. The number of para-hydroxylation sites is 1. The standard InChI is InChI=1S/C15H20FN3/c1-3-19-12-6-4-5-11(16)13(12)18-14(19)15(2)7-9-17-10-8-15/h4-6,17H,3,7-10H2,1-2H3. The van der Waals surface area contributed by atoms with Crippen LogP contribution in [0.5, 0.6) is 0 Å². The molecule has 0 spiro atoms. The number of aromatic nitrogens is 2. The van der Waals surface area contributed by atoms with Crippen molar-refractivity contribution in [2.45, 2.75) is 38.6 Å². The number of piperidine rings is 1. The summed E-state index contributed by atoms with van der Waals surface area (Å²) in [6.07, 6.45) is 2.11. The number of benzene rings is 1. The molecule has 1 aromatic heterocycles. The van der Waals surface area contributed by atoms with E-state index in [1.807, 2.05) is 6.07 Å². The number of hydrogen-bond acceptors (Lipinski definition) is 2. The summed E-state index contributed by atoms with van der Waals surface area (Å²) in [4.78, 5) is 4.64. The molecule has 2 aromatic rings. The fraction of sp³-hybridized carbons (Fsp3) is 0.533. The van der Waals surface area contributed by atoms with Crippen molar-refractivity contribution in [1.82, 2.24) is 14.9 Å². The highest BCUT2D eigenvalue weighted by molar-refractivity contribution is 5.77. The largest absolute Gasteiger partial charge is 0.328 e. The lowest BCUT2D eigenvalue weighted by Gasteiger charge is -2.33. The van der Waals surface area contributed by atoms with Crippen LogP contribution in [0.15, 0.2) is 18.2 Å². The van der Waals surface area contributed by atoms with E-state index < -0.39 is 0 Å². The fourth-order valence-electron chi connectivity index (χ4n) is 3.10. The van der Waals surface area contributed by atoms with Gasteiger partial charge in [0.2, 0.25) is 0 Å². The summed E-state index contributed by atoms with van der Waals surface area (Å²) in [6, 6.07) is 5.22. The van der Waals surface area contributed by atoms with Crippen molar-refractivity contribution in [3.05, 3.63) is 29.8 Å². The monoisotopic (exact) mass is 261 g/mol. The SMILES string of the molecule is CCn1c(C2(C)CCNCC2)nc2c(F)cccc21. The maximum Gasteiger partial charge on any atom is 0.151 e. The van der Waals surface area contributed by atoms with Crippen LogP contribution in [0.3, 0.4) is 0 Å². The number of imidazole rings is 1. The fourth-order valence-corrected chi connectivity index (χ4v) is 3.10. The highest BCUT2D eigenvalue weighted by atomic mass is 19.1. The molecule has 0 unspecified atom stereocenters. The number of hydrogen-bond donors (Lipinski definition) is 1. The van der Waals surface area contributed by atoms with Gasteiger partial charge in [-0.2, -0.15) is 0 Å². The Morgan fingerprint density at radius 2 is 2.11 bits per heavy atom. The average molecular weight is 261 g/mol. The smallest absolute Gasteiger partial charge is 0.151 e. The molecule has 0 amide bonds. The minimum absolute atomic E-state index is 0.0483. The van der Waals surface area contributed by atoms with Crippen molar-refractivity contribution >= 4 is 11.0 Å². The lowest BCUT2D eigenvalue weighted by atomic mass is 9.80. The van der Waals surface area contributed by atoms with Crippen molar-refractivity contribution in [3.8, 4) is 0 Å².